The van der Waals surface area contributed by atoms with Crippen LogP contribution in [0.3, 0.4) is 0 Å². The molecule has 0 radical (unpaired) electrons. The van der Waals surface area contributed by atoms with Crippen molar-refractivity contribution in [2.45, 2.75) is 19.3 Å². The second-order valence-electron chi connectivity index (χ2n) is 4.34. The summed E-state index contributed by atoms with van der Waals surface area (Å²) in [7, 11) is 0. The van der Waals surface area contributed by atoms with Gasteiger partial charge < -0.3 is 5.11 Å². The molecule has 0 saturated heterocycles. The van der Waals surface area contributed by atoms with Crippen LogP contribution < -0.4 is 0 Å². The molecule has 0 fully saturated rings. The molecule has 1 aromatic carbocycles. The van der Waals surface area contributed by atoms with Crippen LogP contribution in [0.5, 0.6) is 0 Å². The monoisotopic (exact) mass is 215 g/mol. The number of carboxylic acids is 1. The van der Waals surface area contributed by atoms with Gasteiger partial charge in [-0.1, -0.05) is 12.1 Å². The van der Waals surface area contributed by atoms with Gasteiger partial charge in [0.25, 0.3) is 0 Å². The molecule has 16 heavy (non-hydrogen) atoms. The first-order chi connectivity index (χ1) is 7.51. The molecule has 0 amide bonds. The van der Waals surface area contributed by atoms with Crippen molar-refractivity contribution in [2.75, 3.05) is 0 Å². The molecule has 0 aliphatic carbocycles. The molecule has 0 aliphatic rings. The molecule has 0 saturated carbocycles. The lowest BCUT2D eigenvalue weighted by atomic mass is 9.84. The molecule has 0 spiro atoms. The highest BCUT2D eigenvalue weighted by Crippen LogP contribution is 2.26. The summed E-state index contributed by atoms with van der Waals surface area (Å²) in [5, 5.41) is 10.1. The highest BCUT2D eigenvalue weighted by molar-refractivity contribution is 5.84. The van der Waals surface area contributed by atoms with Crippen LogP contribution in [0.1, 0.15) is 19.4 Å². The third-order valence-electron chi connectivity index (χ3n) is 2.86. The van der Waals surface area contributed by atoms with Crippen LogP contribution in [-0.4, -0.2) is 16.1 Å². The Bertz CT molecular complexity index is 546. The first kappa shape index (κ1) is 10.6. The Morgan fingerprint density at radius 1 is 1.31 bits per heavy atom. The normalized spacial score (nSPS) is 11.6. The Labute approximate surface area is 93.7 Å². The minimum Gasteiger partial charge on any atom is -0.481 e. The number of rotatable bonds is 2. The number of benzene rings is 1. The molecule has 0 unspecified atom stereocenters. The number of hydrogen-bond donors (Lipinski definition) is 1. The predicted molar refractivity (Wildman–Crippen MR) is 62.4 cm³/mol. The molecule has 1 heterocycles. The molecule has 0 bridgehead atoms. The third kappa shape index (κ3) is 1.65. The topological polar surface area (TPSA) is 50.2 Å². The lowest BCUT2D eigenvalue weighted by molar-refractivity contribution is -0.142. The van der Waals surface area contributed by atoms with E-state index >= 15 is 0 Å². The fraction of sp³-hybridized carbons (Fsp3) is 0.231. The van der Waals surface area contributed by atoms with Crippen molar-refractivity contribution in [1.29, 1.82) is 0 Å². The van der Waals surface area contributed by atoms with Crippen LogP contribution in [0.15, 0.2) is 36.5 Å². The van der Waals surface area contributed by atoms with Crippen LogP contribution in [0.2, 0.25) is 0 Å². The molecule has 3 nitrogen and oxygen atoms in total. The zero-order valence-electron chi connectivity index (χ0n) is 9.27. The largest absolute Gasteiger partial charge is 0.481 e. The number of carboxylic acid groups (broad SMARTS) is 1. The van der Waals surface area contributed by atoms with Gasteiger partial charge in [-0.3, -0.25) is 9.78 Å². The van der Waals surface area contributed by atoms with Gasteiger partial charge in [-0.25, -0.2) is 0 Å². The second-order valence-corrected chi connectivity index (χ2v) is 4.34. The van der Waals surface area contributed by atoms with Crippen molar-refractivity contribution in [1.82, 2.24) is 4.98 Å². The highest BCUT2D eigenvalue weighted by Gasteiger charge is 2.29. The van der Waals surface area contributed by atoms with Gasteiger partial charge in [0.15, 0.2) is 0 Å². The van der Waals surface area contributed by atoms with Crippen molar-refractivity contribution in [2.24, 2.45) is 0 Å². The Kier molecular flexibility index (Phi) is 2.38. The van der Waals surface area contributed by atoms with Gasteiger partial charge in [-0.05, 0) is 37.6 Å². The van der Waals surface area contributed by atoms with Gasteiger partial charge >= 0.3 is 5.97 Å². The smallest absolute Gasteiger partial charge is 0.313 e. The van der Waals surface area contributed by atoms with Crippen molar-refractivity contribution in [3.63, 3.8) is 0 Å². The summed E-state index contributed by atoms with van der Waals surface area (Å²) in [4.78, 5) is 15.3. The van der Waals surface area contributed by atoms with E-state index in [4.69, 9.17) is 5.11 Å². The molecule has 1 N–H and O–H groups in total. The standard InChI is InChI=1S/C13H13NO2/c1-13(2,12(15)16)10-5-6-11-9(8-10)4-3-7-14-11/h3-8H,1-2H3,(H,15,16). The maximum atomic E-state index is 11.1. The molecular formula is C13H13NO2. The molecular weight excluding hydrogens is 202 g/mol. The Balaban J connectivity index is 2.59. The summed E-state index contributed by atoms with van der Waals surface area (Å²) in [6, 6.07) is 9.35. The van der Waals surface area contributed by atoms with Crippen LogP contribution in [0.25, 0.3) is 10.9 Å². The number of fused-ring (bicyclic) bond motifs is 1. The minimum atomic E-state index is -0.871. The molecule has 1 aromatic heterocycles. The molecule has 2 aromatic rings. The van der Waals surface area contributed by atoms with Crippen molar-refractivity contribution < 1.29 is 9.90 Å². The Hall–Kier alpha value is -1.90. The number of pyridine rings is 1. The minimum absolute atomic E-state index is 0.792. The van der Waals surface area contributed by atoms with Crippen molar-refractivity contribution in [3.8, 4) is 0 Å². The highest BCUT2D eigenvalue weighted by atomic mass is 16.4. The lowest BCUT2D eigenvalue weighted by Crippen LogP contribution is -2.28. The van der Waals surface area contributed by atoms with E-state index < -0.39 is 11.4 Å². The predicted octanol–water partition coefficient (Wildman–Crippen LogP) is 2.60. The van der Waals surface area contributed by atoms with E-state index in [2.05, 4.69) is 4.98 Å². The summed E-state index contributed by atoms with van der Waals surface area (Å²) < 4.78 is 0. The molecule has 82 valence electrons. The quantitative estimate of drug-likeness (QED) is 0.837. The first-order valence-electron chi connectivity index (χ1n) is 5.10. The van der Waals surface area contributed by atoms with E-state index in [1.807, 2.05) is 30.3 Å². The van der Waals surface area contributed by atoms with Crippen LogP contribution in [0, 0.1) is 0 Å². The first-order valence-corrected chi connectivity index (χ1v) is 5.10. The number of aromatic nitrogens is 1. The zero-order valence-corrected chi connectivity index (χ0v) is 9.27. The summed E-state index contributed by atoms with van der Waals surface area (Å²) in [6.45, 7) is 3.40. The van der Waals surface area contributed by atoms with Gasteiger partial charge in [-0.15, -0.1) is 0 Å². The van der Waals surface area contributed by atoms with E-state index in [0.29, 0.717) is 0 Å². The number of aliphatic carboxylic acids is 1. The van der Waals surface area contributed by atoms with Gasteiger partial charge in [-0.2, -0.15) is 0 Å². The maximum absolute atomic E-state index is 11.1. The summed E-state index contributed by atoms with van der Waals surface area (Å²) >= 11 is 0. The van der Waals surface area contributed by atoms with E-state index in [-0.39, 0.29) is 0 Å². The fourth-order valence-electron chi connectivity index (χ4n) is 1.59. The van der Waals surface area contributed by atoms with Crippen LogP contribution in [0.4, 0.5) is 0 Å². The fourth-order valence-corrected chi connectivity index (χ4v) is 1.59. The number of hydrogen-bond acceptors (Lipinski definition) is 2. The lowest BCUT2D eigenvalue weighted by Gasteiger charge is -2.19. The molecule has 2 rings (SSSR count). The van der Waals surface area contributed by atoms with Gasteiger partial charge in [0.1, 0.15) is 0 Å². The van der Waals surface area contributed by atoms with Gasteiger partial charge in [0.05, 0.1) is 10.9 Å². The Morgan fingerprint density at radius 3 is 2.75 bits per heavy atom. The van der Waals surface area contributed by atoms with Crippen LogP contribution in [-0.2, 0) is 10.2 Å². The van der Waals surface area contributed by atoms with E-state index in [1.165, 1.54) is 0 Å². The van der Waals surface area contributed by atoms with Crippen molar-refractivity contribution >= 4 is 16.9 Å². The SMILES string of the molecule is CC(C)(C(=O)O)c1ccc2ncccc2c1. The van der Waals surface area contributed by atoms with E-state index in [0.717, 1.165) is 16.5 Å². The van der Waals surface area contributed by atoms with Crippen molar-refractivity contribution in [3.05, 3.63) is 42.1 Å². The average molecular weight is 215 g/mol. The van der Waals surface area contributed by atoms with Crippen LogP contribution >= 0.6 is 0 Å². The zero-order chi connectivity index (χ0) is 11.8. The average Bonchev–Trinajstić information content (AvgIpc) is 2.28. The van der Waals surface area contributed by atoms with Gasteiger partial charge in [0, 0.05) is 11.6 Å². The van der Waals surface area contributed by atoms with E-state index in [9.17, 15) is 4.79 Å². The summed E-state index contributed by atoms with van der Waals surface area (Å²) in [5.41, 5.74) is 0.803. The molecule has 0 atom stereocenters. The maximum Gasteiger partial charge on any atom is 0.313 e. The Morgan fingerprint density at radius 2 is 2.06 bits per heavy atom. The number of nitrogens with zero attached hydrogens (tertiary/aromatic N) is 1. The third-order valence-corrected chi connectivity index (χ3v) is 2.86. The second kappa shape index (κ2) is 3.59. The summed E-state index contributed by atoms with van der Waals surface area (Å²) in [5.74, 6) is -0.823. The van der Waals surface area contributed by atoms with Gasteiger partial charge in [0.2, 0.25) is 0 Å². The molecule has 0 aliphatic heterocycles. The number of carbonyl (C=O) groups is 1. The molecule has 3 heteroatoms. The van der Waals surface area contributed by atoms with E-state index in [1.54, 1.807) is 20.0 Å². The summed E-state index contributed by atoms with van der Waals surface area (Å²) in [6.07, 6.45) is 1.73.